The molecule has 1 aliphatic carbocycles. The first-order chi connectivity index (χ1) is 9.83. The largest absolute Gasteiger partial charge is 0.481 e. The Bertz CT molecular complexity index is 602. The second-order valence-electron chi connectivity index (χ2n) is 4.94. The Balaban J connectivity index is 1.95. The number of aromatic nitrogens is 3. The molecule has 0 aromatic carbocycles. The molecular formula is C15H18N4O. The summed E-state index contributed by atoms with van der Waals surface area (Å²) >= 11 is 0. The predicted octanol–water partition coefficient (Wildman–Crippen LogP) is 1.87. The second-order valence-corrected chi connectivity index (χ2v) is 4.94. The number of aryl methyl sites for hydroxylation is 1. The molecule has 3 rings (SSSR count). The van der Waals surface area contributed by atoms with Crippen molar-refractivity contribution in [2.45, 2.75) is 24.8 Å². The van der Waals surface area contributed by atoms with Gasteiger partial charge in [0.2, 0.25) is 5.88 Å². The van der Waals surface area contributed by atoms with Crippen molar-refractivity contribution in [2.24, 2.45) is 0 Å². The van der Waals surface area contributed by atoms with Crippen molar-refractivity contribution in [3.8, 4) is 5.88 Å². The highest BCUT2D eigenvalue weighted by atomic mass is 16.5. The van der Waals surface area contributed by atoms with Crippen LogP contribution in [0.25, 0.3) is 0 Å². The third-order valence-corrected chi connectivity index (χ3v) is 3.91. The molecule has 2 atom stereocenters. The van der Waals surface area contributed by atoms with E-state index in [0.29, 0.717) is 11.8 Å². The maximum absolute atomic E-state index is 5.19. The van der Waals surface area contributed by atoms with Crippen molar-refractivity contribution < 1.29 is 4.74 Å². The van der Waals surface area contributed by atoms with Gasteiger partial charge in [0.25, 0.3) is 0 Å². The topological polar surface area (TPSA) is 59.9 Å². The Kier molecular flexibility index (Phi) is 3.60. The van der Waals surface area contributed by atoms with Crippen molar-refractivity contribution >= 4 is 0 Å². The van der Waals surface area contributed by atoms with E-state index in [1.54, 1.807) is 13.4 Å². The molecule has 0 aliphatic heterocycles. The summed E-state index contributed by atoms with van der Waals surface area (Å²) < 4.78 is 5.19. The number of nitrogens with one attached hydrogen (secondary N) is 1. The number of rotatable bonds is 4. The number of ether oxygens (including phenoxy) is 1. The lowest BCUT2D eigenvalue weighted by atomic mass is 9.94. The quantitative estimate of drug-likeness (QED) is 0.919. The van der Waals surface area contributed by atoms with E-state index in [1.165, 1.54) is 11.3 Å². The van der Waals surface area contributed by atoms with Gasteiger partial charge in [-0.05, 0) is 31.5 Å². The molecule has 0 saturated heterocycles. The normalized spacial score (nSPS) is 18.6. The van der Waals surface area contributed by atoms with Gasteiger partial charge in [-0.1, -0.05) is 6.07 Å². The second kappa shape index (κ2) is 5.54. The van der Waals surface area contributed by atoms with Gasteiger partial charge in [0.05, 0.1) is 18.8 Å². The minimum Gasteiger partial charge on any atom is -0.481 e. The number of methoxy groups -OCH3 is 1. The molecule has 2 aromatic rings. The summed E-state index contributed by atoms with van der Waals surface area (Å²) in [5.74, 6) is 0.935. The molecule has 0 fully saturated rings. The maximum Gasteiger partial charge on any atom is 0.216 e. The smallest absolute Gasteiger partial charge is 0.216 e. The van der Waals surface area contributed by atoms with E-state index in [-0.39, 0.29) is 6.04 Å². The number of hydrogen-bond donors (Lipinski definition) is 1. The van der Waals surface area contributed by atoms with Crippen LogP contribution in [0.4, 0.5) is 0 Å². The molecular weight excluding hydrogens is 252 g/mol. The standard InChI is InChI=1S/C15H18N4O/c1-16-15(12-8-13(20-2)19-9-18-12)11-6-5-10-4-3-7-17-14(10)11/h3-4,7-9,11,15-16H,5-6H2,1-2H3. The number of pyridine rings is 1. The van der Waals surface area contributed by atoms with Gasteiger partial charge in [-0.25, -0.2) is 9.97 Å². The average molecular weight is 270 g/mol. The van der Waals surface area contributed by atoms with Crippen molar-refractivity contribution in [2.75, 3.05) is 14.2 Å². The van der Waals surface area contributed by atoms with E-state index in [1.807, 2.05) is 25.4 Å². The fraction of sp³-hybridized carbons (Fsp3) is 0.400. The van der Waals surface area contributed by atoms with Gasteiger partial charge < -0.3 is 10.1 Å². The van der Waals surface area contributed by atoms with Gasteiger partial charge in [0, 0.05) is 23.9 Å². The molecule has 20 heavy (non-hydrogen) atoms. The molecule has 0 amide bonds. The first-order valence-corrected chi connectivity index (χ1v) is 6.80. The van der Waals surface area contributed by atoms with Crippen LogP contribution in [-0.2, 0) is 6.42 Å². The Morgan fingerprint density at radius 1 is 1.35 bits per heavy atom. The SMILES string of the molecule is CNC(c1cc(OC)ncn1)C1CCc2cccnc21. The zero-order chi connectivity index (χ0) is 13.9. The molecule has 5 nitrogen and oxygen atoms in total. The summed E-state index contributed by atoms with van der Waals surface area (Å²) in [7, 11) is 3.58. The maximum atomic E-state index is 5.19. The van der Waals surface area contributed by atoms with E-state index in [2.05, 4.69) is 26.3 Å². The Morgan fingerprint density at radius 2 is 2.25 bits per heavy atom. The van der Waals surface area contributed by atoms with Crippen molar-refractivity contribution in [3.05, 3.63) is 47.7 Å². The van der Waals surface area contributed by atoms with Crippen LogP contribution in [0.2, 0.25) is 0 Å². The van der Waals surface area contributed by atoms with Crippen LogP contribution in [0.5, 0.6) is 5.88 Å². The number of nitrogens with zero attached hydrogens (tertiary/aromatic N) is 3. The first-order valence-electron chi connectivity index (χ1n) is 6.80. The van der Waals surface area contributed by atoms with Crippen LogP contribution in [-0.4, -0.2) is 29.1 Å². The molecule has 1 N–H and O–H groups in total. The molecule has 0 spiro atoms. The fourth-order valence-corrected chi connectivity index (χ4v) is 2.96. The molecule has 0 saturated carbocycles. The minimum atomic E-state index is 0.128. The monoisotopic (exact) mass is 270 g/mol. The Hall–Kier alpha value is -2.01. The lowest BCUT2D eigenvalue weighted by Crippen LogP contribution is -2.24. The lowest BCUT2D eigenvalue weighted by molar-refractivity contribution is 0.391. The van der Waals surface area contributed by atoms with Crippen molar-refractivity contribution in [1.82, 2.24) is 20.3 Å². The third kappa shape index (κ3) is 2.25. The minimum absolute atomic E-state index is 0.128. The predicted molar refractivity (Wildman–Crippen MR) is 75.7 cm³/mol. The van der Waals surface area contributed by atoms with Crippen LogP contribution in [0.1, 0.15) is 35.3 Å². The number of likely N-dealkylation sites (N-methyl/N-ethyl adjacent to an activating group) is 1. The molecule has 2 heterocycles. The van der Waals surface area contributed by atoms with Crippen LogP contribution in [0.3, 0.4) is 0 Å². The van der Waals surface area contributed by atoms with Gasteiger partial charge in [0.1, 0.15) is 6.33 Å². The van der Waals surface area contributed by atoms with E-state index in [9.17, 15) is 0 Å². The summed E-state index contributed by atoms with van der Waals surface area (Å²) in [6.45, 7) is 0. The number of fused-ring (bicyclic) bond motifs is 1. The van der Waals surface area contributed by atoms with Gasteiger partial charge >= 0.3 is 0 Å². The fourth-order valence-electron chi connectivity index (χ4n) is 2.96. The Morgan fingerprint density at radius 3 is 3.05 bits per heavy atom. The van der Waals surface area contributed by atoms with Gasteiger partial charge in [0.15, 0.2) is 0 Å². The molecule has 0 radical (unpaired) electrons. The first kappa shape index (κ1) is 13.0. The summed E-state index contributed by atoms with van der Waals surface area (Å²) in [6.07, 6.45) is 5.58. The molecule has 2 aromatic heterocycles. The molecule has 5 heteroatoms. The van der Waals surface area contributed by atoms with Gasteiger partial charge in [-0.3, -0.25) is 4.98 Å². The average Bonchev–Trinajstić information content (AvgIpc) is 2.93. The van der Waals surface area contributed by atoms with Gasteiger partial charge in [-0.2, -0.15) is 0 Å². The number of hydrogen-bond acceptors (Lipinski definition) is 5. The summed E-state index contributed by atoms with van der Waals surface area (Å²) in [4.78, 5) is 13.0. The molecule has 2 unspecified atom stereocenters. The zero-order valence-electron chi connectivity index (χ0n) is 11.7. The van der Waals surface area contributed by atoms with Crippen molar-refractivity contribution in [3.63, 3.8) is 0 Å². The highest BCUT2D eigenvalue weighted by Gasteiger charge is 2.32. The summed E-state index contributed by atoms with van der Waals surface area (Å²) in [5, 5.41) is 3.37. The van der Waals surface area contributed by atoms with E-state index >= 15 is 0 Å². The van der Waals surface area contributed by atoms with Gasteiger partial charge in [-0.15, -0.1) is 0 Å². The van der Waals surface area contributed by atoms with Crippen LogP contribution in [0, 0.1) is 0 Å². The van der Waals surface area contributed by atoms with E-state index in [0.717, 1.165) is 18.5 Å². The van der Waals surface area contributed by atoms with Crippen LogP contribution < -0.4 is 10.1 Å². The molecule has 104 valence electrons. The highest BCUT2D eigenvalue weighted by molar-refractivity contribution is 5.32. The molecule has 0 bridgehead atoms. The summed E-state index contributed by atoms with van der Waals surface area (Å²) in [5.41, 5.74) is 3.48. The van der Waals surface area contributed by atoms with E-state index < -0.39 is 0 Å². The highest BCUT2D eigenvalue weighted by Crippen LogP contribution is 2.39. The summed E-state index contributed by atoms with van der Waals surface area (Å²) in [6, 6.07) is 6.18. The molecule has 1 aliphatic rings. The van der Waals surface area contributed by atoms with E-state index in [4.69, 9.17) is 4.74 Å². The Labute approximate surface area is 118 Å². The van der Waals surface area contributed by atoms with Crippen LogP contribution >= 0.6 is 0 Å². The van der Waals surface area contributed by atoms with Crippen molar-refractivity contribution in [1.29, 1.82) is 0 Å². The van der Waals surface area contributed by atoms with Crippen LogP contribution in [0.15, 0.2) is 30.7 Å². The lowest BCUT2D eigenvalue weighted by Gasteiger charge is -2.22. The zero-order valence-corrected chi connectivity index (χ0v) is 11.7. The third-order valence-electron chi connectivity index (χ3n) is 3.91.